The van der Waals surface area contributed by atoms with E-state index in [2.05, 4.69) is 31.2 Å². The van der Waals surface area contributed by atoms with Gasteiger partial charge in [0.25, 0.3) is 0 Å². The molecule has 0 amide bonds. The normalized spacial score (nSPS) is 16.6. The summed E-state index contributed by atoms with van der Waals surface area (Å²) < 4.78 is 12.5. The fraction of sp³-hybridized carbons (Fsp3) is 0.250. The molecule has 2 aliphatic heterocycles. The molecule has 1 atom stereocenters. The summed E-state index contributed by atoms with van der Waals surface area (Å²) in [5.41, 5.74) is 6.81. The second-order valence-corrected chi connectivity index (χ2v) is 9.13. The Morgan fingerprint density at radius 3 is 2.97 bits per heavy atom. The molecule has 8 nitrogen and oxygen atoms in total. The summed E-state index contributed by atoms with van der Waals surface area (Å²) in [6.07, 6.45) is 4.00. The first-order chi connectivity index (χ1) is 17.6. The average molecular weight is 482 g/mol. The van der Waals surface area contributed by atoms with Crippen molar-refractivity contribution in [2.75, 3.05) is 29.9 Å². The minimum atomic E-state index is -0.252. The summed E-state index contributed by atoms with van der Waals surface area (Å²) in [6.45, 7) is 4.52. The molecule has 0 radical (unpaired) electrons. The maximum absolute atomic E-state index is 11.8. The number of benzene rings is 1. The molecule has 0 saturated carbocycles. The van der Waals surface area contributed by atoms with Crippen molar-refractivity contribution >= 4 is 11.4 Å². The summed E-state index contributed by atoms with van der Waals surface area (Å²) in [6, 6.07) is 17.8. The van der Waals surface area contributed by atoms with Crippen LogP contribution in [0.15, 0.2) is 71.8 Å². The highest BCUT2D eigenvalue weighted by Gasteiger charge is 2.30. The minimum absolute atomic E-state index is 0.116. The van der Waals surface area contributed by atoms with Crippen LogP contribution >= 0.6 is 0 Å². The Morgan fingerprint density at radius 1 is 1.14 bits per heavy atom. The maximum atomic E-state index is 11.8. The van der Waals surface area contributed by atoms with Gasteiger partial charge in [-0.1, -0.05) is 6.07 Å². The van der Waals surface area contributed by atoms with Gasteiger partial charge < -0.3 is 24.7 Å². The zero-order chi connectivity index (χ0) is 24.5. The Labute approximate surface area is 209 Å². The number of aryl methyl sites for hydroxylation is 1. The molecule has 4 aromatic rings. The van der Waals surface area contributed by atoms with Gasteiger partial charge in [0.05, 0.1) is 25.4 Å². The fourth-order valence-corrected chi connectivity index (χ4v) is 4.80. The van der Waals surface area contributed by atoms with Gasteiger partial charge in [0.1, 0.15) is 17.5 Å². The largest absolute Gasteiger partial charge is 0.455 e. The molecular weight excluding hydrogens is 454 g/mol. The molecule has 0 bridgehead atoms. The van der Waals surface area contributed by atoms with Crippen molar-refractivity contribution in [3.63, 3.8) is 0 Å². The smallest absolute Gasteiger partial charge is 0.249 e. The Morgan fingerprint density at radius 2 is 2.08 bits per heavy atom. The van der Waals surface area contributed by atoms with Crippen molar-refractivity contribution in [1.82, 2.24) is 15.0 Å². The predicted octanol–water partition coefficient (Wildman–Crippen LogP) is 4.36. The molecule has 182 valence electrons. The van der Waals surface area contributed by atoms with E-state index in [1.165, 1.54) is 0 Å². The first kappa shape index (κ1) is 22.3. The molecule has 3 aromatic heterocycles. The SMILES string of the molecule is Cc1cccc(CNc2ccc3c(c2)Cc2ccnc(C4CN(c5cc[nH]c(=O)c5)CCO4)c2O3)n1. The van der Waals surface area contributed by atoms with Crippen molar-refractivity contribution < 1.29 is 9.47 Å². The number of aromatic nitrogens is 3. The number of hydrogen-bond acceptors (Lipinski definition) is 7. The minimum Gasteiger partial charge on any atom is -0.455 e. The third kappa shape index (κ3) is 4.55. The van der Waals surface area contributed by atoms with Crippen molar-refractivity contribution in [3.8, 4) is 11.5 Å². The van der Waals surface area contributed by atoms with Crippen LogP contribution in [0, 0.1) is 6.92 Å². The van der Waals surface area contributed by atoms with Crippen LogP contribution in [0.4, 0.5) is 11.4 Å². The lowest BCUT2D eigenvalue weighted by atomic mass is 9.98. The van der Waals surface area contributed by atoms with Gasteiger partial charge in [-0.25, -0.2) is 0 Å². The number of rotatable bonds is 5. The van der Waals surface area contributed by atoms with Crippen molar-refractivity contribution in [1.29, 1.82) is 0 Å². The fourth-order valence-electron chi connectivity index (χ4n) is 4.80. The molecule has 0 spiro atoms. The third-order valence-electron chi connectivity index (χ3n) is 6.58. The van der Waals surface area contributed by atoms with Crippen LogP contribution in [0.25, 0.3) is 0 Å². The number of fused-ring (bicyclic) bond motifs is 2. The van der Waals surface area contributed by atoms with Gasteiger partial charge in [-0.2, -0.15) is 0 Å². The van der Waals surface area contributed by atoms with Crippen LogP contribution in [0.1, 0.15) is 34.3 Å². The lowest BCUT2D eigenvalue weighted by Crippen LogP contribution is -2.39. The number of anilines is 2. The number of aromatic amines is 1. The van der Waals surface area contributed by atoms with Gasteiger partial charge in [0.2, 0.25) is 5.56 Å². The number of hydrogen-bond donors (Lipinski definition) is 2. The highest BCUT2D eigenvalue weighted by Crippen LogP contribution is 2.42. The third-order valence-corrected chi connectivity index (χ3v) is 6.58. The standard InChI is InChI=1S/C28H27N5O3/c1-18-3-2-4-22(32-18)16-31-21-5-6-24-20(14-21)13-19-7-9-30-27(28(19)36-24)25-17-33(11-12-35-25)23-8-10-29-26(34)15-23/h2-10,14-15,25,31H,11-13,16-17H2,1H3,(H,29,34). The van der Waals surface area contributed by atoms with E-state index in [-0.39, 0.29) is 11.7 Å². The van der Waals surface area contributed by atoms with E-state index < -0.39 is 0 Å². The van der Waals surface area contributed by atoms with Gasteiger partial charge in [-0.05, 0) is 49.4 Å². The second kappa shape index (κ2) is 9.47. The molecule has 36 heavy (non-hydrogen) atoms. The summed E-state index contributed by atoms with van der Waals surface area (Å²) in [5.74, 6) is 1.60. The first-order valence-corrected chi connectivity index (χ1v) is 12.1. The van der Waals surface area contributed by atoms with Crippen molar-refractivity contribution in [2.45, 2.75) is 26.0 Å². The lowest BCUT2D eigenvalue weighted by Gasteiger charge is -2.35. The van der Waals surface area contributed by atoms with E-state index in [0.717, 1.165) is 57.5 Å². The Balaban J connectivity index is 1.20. The Kier molecular flexibility index (Phi) is 5.87. The van der Waals surface area contributed by atoms with E-state index in [0.29, 0.717) is 26.2 Å². The van der Waals surface area contributed by atoms with Crippen LogP contribution in [0.2, 0.25) is 0 Å². The lowest BCUT2D eigenvalue weighted by molar-refractivity contribution is 0.0355. The predicted molar refractivity (Wildman–Crippen MR) is 138 cm³/mol. The van der Waals surface area contributed by atoms with Crippen LogP contribution in [0.3, 0.4) is 0 Å². The van der Waals surface area contributed by atoms with E-state index >= 15 is 0 Å². The summed E-state index contributed by atoms with van der Waals surface area (Å²) in [4.78, 5) is 25.8. The molecule has 1 saturated heterocycles. The Bertz CT molecular complexity index is 1470. The molecule has 2 N–H and O–H groups in total. The molecule has 1 fully saturated rings. The molecule has 0 aliphatic carbocycles. The topological polar surface area (TPSA) is 92.4 Å². The van der Waals surface area contributed by atoms with Crippen LogP contribution in [0.5, 0.6) is 11.5 Å². The van der Waals surface area contributed by atoms with Gasteiger partial charge >= 0.3 is 0 Å². The van der Waals surface area contributed by atoms with Crippen LogP contribution in [-0.4, -0.2) is 34.6 Å². The van der Waals surface area contributed by atoms with Crippen LogP contribution in [-0.2, 0) is 17.7 Å². The van der Waals surface area contributed by atoms with Gasteiger partial charge in [0, 0.05) is 59.6 Å². The molecule has 2 aliphatic rings. The average Bonchev–Trinajstić information content (AvgIpc) is 2.90. The number of nitrogens with zero attached hydrogens (tertiary/aromatic N) is 3. The number of H-pyrrole nitrogens is 1. The van der Waals surface area contributed by atoms with Crippen molar-refractivity contribution in [3.05, 3.63) is 106 Å². The number of ether oxygens (including phenoxy) is 2. The van der Waals surface area contributed by atoms with E-state index in [9.17, 15) is 4.79 Å². The monoisotopic (exact) mass is 481 g/mol. The van der Waals surface area contributed by atoms with E-state index in [1.807, 2.05) is 55.6 Å². The van der Waals surface area contributed by atoms with Crippen molar-refractivity contribution in [2.24, 2.45) is 0 Å². The number of morpholine rings is 1. The number of nitrogens with one attached hydrogen (secondary N) is 2. The maximum Gasteiger partial charge on any atom is 0.249 e. The molecule has 8 heteroatoms. The molecule has 6 rings (SSSR count). The van der Waals surface area contributed by atoms with Crippen LogP contribution < -0.4 is 20.5 Å². The number of pyridine rings is 3. The van der Waals surface area contributed by atoms with Gasteiger partial charge in [0.15, 0.2) is 5.75 Å². The van der Waals surface area contributed by atoms with Gasteiger partial charge in [-0.3, -0.25) is 14.8 Å². The zero-order valence-corrected chi connectivity index (χ0v) is 20.0. The summed E-state index contributed by atoms with van der Waals surface area (Å²) in [7, 11) is 0. The molecule has 5 heterocycles. The zero-order valence-electron chi connectivity index (χ0n) is 20.0. The highest BCUT2D eigenvalue weighted by atomic mass is 16.5. The molecular formula is C28H27N5O3. The second-order valence-electron chi connectivity index (χ2n) is 9.13. The molecule has 1 unspecified atom stereocenters. The van der Waals surface area contributed by atoms with E-state index in [4.69, 9.17) is 9.47 Å². The van der Waals surface area contributed by atoms with E-state index in [1.54, 1.807) is 12.3 Å². The molecule has 1 aromatic carbocycles. The first-order valence-electron chi connectivity index (χ1n) is 12.1. The quantitative estimate of drug-likeness (QED) is 0.385. The summed E-state index contributed by atoms with van der Waals surface area (Å²) >= 11 is 0. The Hall–Kier alpha value is -4.17. The summed E-state index contributed by atoms with van der Waals surface area (Å²) in [5, 5.41) is 3.47. The highest BCUT2D eigenvalue weighted by molar-refractivity contribution is 5.58. The van der Waals surface area contributed by atoms with Gasteiger partial charge in [-0.15, -0.1) is 0 Å².